The molecule has 0 saturated heterocycles. The number of aromatic nitrogens is 2. The Morgan fingerprint density at radius 2 is 2.29 bits per heavy atom. The van der Waals surface area contributed by atoms with Crippen molar-refractivity contribution in [2.24, 2.45) is 0 Å². The topological polar surface area (TPSA) is 58.0 Å². The highest BCUT2D eigenvalue weighted by atomic mass is 16.3. The van der Waals surface area contributed by atoms with Gasteiger partial charge in [-0.3, -0.25) is 0 Å². The third-order valence-corrected chi connectivity index (χ3v) is 1.95. The van der Waals surface area contributed by atoms with Gasteiger partial charge in [-0.1, -0.05) is 6.92 Å². The molecular weight excluding hydrogens is 178 g/mol. The fourth-order valence-corrected chi connectivity index (χ4v) is 1.10. The number of hydrogen-bond acceptors (Lipinski definition) is 4. The minimum Gasteiger partial charge on any atom is -0.393 e. The van der Waals surface area contributed by atoms with E-state index in [1.807, 2.05) is 6.07 Å². The van der Waals surface area contributed by atoms with Gasteiger partial charge in [0.25, 0.3) is 0 Å². The van der Waals surface area contributed by atoms with Crippen molar-refractivity contribution in [1.29, 1.82) is 0 Å². The molecule has 0 fully saturated rings. The van der Waals surface area contributed by atoms with Crippen LogP contribution in [0.15, 0.2) is 12.4 Å². The molecular formula is C10H17N3O. The molecule has 0 amide bonds. The predicted molar refractivity (Wildman–Crippen MR) is 56.2 cm³/mol. The van der Waals surface area contributed by atoms with Gasteiger partial charge in [-0.05, 0) is 19.8 Å². The van der Waals surface area contributed by atoms with Gasteiger partial charge in [0, 0.05) is 18.3 Å². The smallest absolute Gasteiger partial charge is 0.129 e. The zero-order valence-corrected chi connectivity index (χ0v) is 8.70. The monoisotopic (exact) mass is 195 g/mol. The number of anilines is 1. The van der Waals surface area contributed by atoms with Crippen LogP contribution in [0.1, 0.15) is 26.0 Å². The Kier molecular flexibility index (Phi) is 4.32. The van der Waals surface area contributed by atoms with E-state index in [2.05, 4.69) is 22.2 Å². The van der Waals surface area contributed by atoms with Crippen LogP contribution in [0.3, 0.4) is 0 Å². The number of hydrogen-bond donors (Lipinski definition) is 2. The molecule has 1 rings (SSSR count). The Labute approximate surface area is 84.4 Å². The van der Waals surface area contributed by atoms with Gasteiger partial charge in [0.05, 0.1) is 6.10 Å². The van der Waals surface area contributed by atoms with Crippen molar-refractivity contribution >= 4 is 5.82 Å². The lowest BCUT2D eigenvalue weighted by Gasteiger charge is -2.07. The van der Waals surface area contributed by atoms with E-state index in [0.29, 0.717) is 0 Å². The average molecular weight is 195 g/mol. The summed E-state index contributed by atoms with van der Waals surface area (Å²) in [5.41, 5.74) is 1.03. The maximum atomic E-state index is 9.06. The summed E-state index contributed by atoms with van der Waals surface area (Å²) in [7, 11) is 0. The summed E-state index contributed by atoms with van der Waals surface area (Å²) in [5.74, 6) is 0.831. The fraction of sp³-hybridized carbons (Fsp3) is 0.600. The Hall–Kier alpha value is -1.16. The second kappa shape index (κ2) is 5.54. The summed E-state index contributed by atoms with van der Waals surface area (Å²) in [4.78, 5) is 8.18. The molecule has 0 aliphatic carbocycles. The van der Waals surface area contributed by atoms with E-state index < -0.39 is 0 Å². The number of nitrogens with one attached hydrogen (secondary N) is 1. The molecule has 1 aromatic rings. The number of nitrogens with zero attached hydrogens (tertiary/aromatic N) is 2. The summed E-state index contributed by atoms with van der Waals surface area (Å²) in [6, 6.07) is 1.93. The molecule has 2 N–H and O–H groups in total. The van der Waals surface area contributed by atoms with Gasteiger partial charge >= 0.3 is 0 Å². The third-order valence-electron chi connectivity index (χ3n) is 1.95. The largest absolute Gasteiger partial charge is 0.393 e. The standard InChI is InChI=1S/C10H17N3O/c1-3-9-6-10(13-7-12-9)11-5-4-8(2)14/h6-8,14H,3-5H2,1-2H3,(H,11,12,13). The SMILES string of the molecule is CCc1cc(NCCC(C)O)ncn1. The van der Waals surface area contributed by atoms with E-state index in [0.717, 1.165) is 30.9 Å². The van der Waals surface area contributed by atoms with E-state index >= 15 is 0 Å². The van der Waals surface area contributed by atoms with Crippen LogP contribution in [0.2, 0.25) is 0 Å². The summed E-state index contributed by atoms with van der Waals surface area (Å²) < 4.78 is 0. The molecule has 14 heavy (non-hydrogen) atoms. The van der Waals surface area contributed by atoms with Crippen molar-refractivity contribution in [3.8, 4) is 0 Å². The van der Waals surface area contributed by atoms with Gasteiger partial charge in [-0.25, -0.2) is 9.97 Å². The average Bonchev–Trinajstić information content (AvgIpc) is 2.18. The van der Waals surface area contributed by atoms with Crippen molar-refractivity contribution in [3.05, 3.63) is 18.1 Å². The van der Waals surface area contributed by atoms with Crippen molar-refractivity contribution in [3.63, 3.8) is 0 Å². The zero-order valence-electron chi connectivity index (χ0n) is 8.70. The van der Waals surface area contributed by atoms with Gasteiger partial charge in [0.2, 0.25) is 0 Å². The van der Waals surface area contributed by atoms with Crippen molar-refractivity contribution < 1.29 is 5.11 Å². The van der Waals surface area contributed by atoms with Crippen LogP contribution in [-0.2, 0) is 6.42 Å². The first-order chi connectivity index (χ1) is 6.72. The lowest BCUT2D eigenvalue weighted by atomic mass is 10.3. The van der Waals surface area contributed by atoms with Crippen LogP contribution >= 0.6 is 0 Å². The summed E-state index contributed by atoms with van der Waals surface area (Å²) in [6.45, 7) is 4.57. The molecule has 1 aromatic heterocycles. The summed E-state index contributed by atoms with van der Waals surface area (Å²) in [5, 5.41) is 12.2. The van der Waals surface area contributed by atoms with Gasteiger partial charge in [0.15, 0.2) is 0 Å². The Balaban J connectivity index is 2.42. The van der Waals surface area contributed by atoms with Crippen LogP contribution < -0.4 is 5.32 Å². The van der Waals surface area contributed by atoms with Crippen molar-refractivity contribution in [2.45, 2.75) is 32.8 Å². The first-order valence-corrected chi connectivity index (χ1v) is 4.95. The Morgan fingerprint density at radius 1 is 1.50 bits per heavy atom. The lowest BCUT2D eigenvalue weighted by molar-refractivity contribution is 0.188. The number of rotatable bonds is 5. The maximum absolute atomic E-state index is 9.06. The molecule has 4 heteroatoms. The second-order valence-electron chi connectivity index (χ2n) is 3.31. The highest BCUT2D eigenvalue weighted by molar-refractivity contribution is 5.34. The minimum absolute atomic E-state index is 0.269. The summed E-state index contributed by atoms with van der Waals surface area (Å²) >= 11 is 0. The van der Waals surface area contributed by atoms with E-state index in [1.165, 1.54) is 0 Å². The first kappa shape index (κ1) is 10.9. The maximum Gasteiger partial charge on any atom is 0.129 e. The van der Waals surface area contributed by atoms with Crippen molar-refractivity contribution in [2.75, 3.05) is 11.9 Å². The number of aliphatic hydroxyl groups is 1. The highest BCUT2D eigenvalue weighted by Crippen LogP contribution is 2.04. The van der Waals surface area contributed by atoms with Crippen molar-refractivity contribution in [1.82, 2.24) is 9.97 Å². The molecule has 0 saturated carbocycles. The van der Waals surface area contributed by atoms with Gasteiger partial charge in [-0.2, -0.15) is 0 Å². The van der Waals surface area contributed by atoms with Gasteiger partial charge in [0.1, 0.15) is 12.1 Å². The highest BCUT2D eigenvalue weighted by Gasteiger charge is 1.98. The number of aliphatic hydroxyl groups excluding tert-OH is 1. The minimum atomic E-state index is -0.269. The quantitative estimate of drug-likeness (QED) is 0.741. The second-order valence-corrected chi connectivity index (χ2v) is 3.31. The number of aryl methyl sites for hydroxylation is 1. The molecule has 0 aliphatic rings. The van der Waals surface area contributed by atoms with Crippen LogP contribution in [0, 0.1) is 0 Å². The first-order valence-electron chi connectivity index (χ1n) is 4.95. The van der Waals surface area contributed by atoms with Crippen LogP contribution in [0.5, 0.6) is 0 Å². The lowest BCUT2D eigenvalue weighted by Crippen LogP contribution is -2.10. The molecule has 1 unspecified atom stereocenters. The molecule has 0 aromatic carbocycles. The molecule has 0 spiro atoms. The Morgan fingerprint density at radius 3 is 2.93 bits per heavy atom. The van der Waals surface area contributed by atoms with E-state index in [-0.39, 0.29) is 6.10 Å². The summed E-state index contributed by atoms with van der Waals surface area (Å²) in [6.07, 6.45) is 2.93. The Bertz CT molecular complexity index is 276. The molecule has 4 nitrogen and oxygen atoms in total. The van der Waals surface area contributed by atoms with Gasteiger partial charge in [-0.15, -0.1) is 0 Å². The third kappa shape index (κ3) is 3.70. The van der Waals surface area contributed by atoms with E-state index in [1.54, 1.807) is 13.3 Å². The van der Waals surface area contributed by atoms with E-state index in [9.17, 15) is 0 Å². The van der Waals surface area contributed by atoms with Crippen LogP contribution in [0.25, 0.3) is 0 Å². The molecule has 0 radical (unpaired) electrons. The van der Waals surface area contributed by atoms with Crippen LogP contribution in [0.4, 0.5) is 5.82 Å². The van der Waals surface area contributed by atoms with Crippen LogP contribution in [-0.4, -0.2) is 27.7 Å². The predicted octanol–water partition coefficient (Wildman–Crippen LogP) is 1.22. The van der Waals surface area contributed by atoms with Gasteiger partial charge < -0.3 is 10.4 Å². The molecule has 0 aliphatic heterocycles. The molecule has 78 valence electrons. The molecule has 1 heterocycles. The van der Waals surface area contributed by atoms with E-state index in [4.69, 9.17) is 5.11 Å². The fourth-order valence-electron chi connectivity index (χ4n) is 1.10. The normalized spacial score (nSPS) is 12.5. The molecule has 0 bridgehead atoms. The zero-order chi connectivity index (χ0) is 10.4. The molecule has 1 atom stereocenters.